The Labute approximate surface area is 83.7 Å². The van der Waals surface area contributed by atoms with E-state index in [-0.39, 0.29) is 5.69 Å². The predicted molar refractivity (Wildman–Crippen MR) is 48.5 cm³/mol. The number of rotatable bonds is 4. The van der Waals surface area contributed by atoms with E-state index in [2.05, 4.69) is 9.37 Å². The lowest BCUT2D eigenvalue weighted by atomic mass is 10.2. The maximum Gasteiger partial charge on any atom is 0.273 e. The highest BCUT2D eigenvalue weighted by atomic mass is 32.2. The van der Waals surface area contributed by atoms with Crippen LogP contribution in [0.3, 0.4) is 0 Å². The molecule has 0 aliphatic carbocycles. The second kappa shape index (κ2) is 4.91. The number of aryl methyl sites for hydroxylation is 1. The van der Waals surface area contributed by atoms with Gasteiger partial charge in [-0.05, 0) is 13.0 Å². The third-order valence-electron chi connectivity index (χ3n) is 1.54. The van der Waals surface area contributed by atoms with Crippen molar-refractivity contribution in [2.45, 2.75) is 11.8 Å². The highest BCUT2D eigenvalue weighted by Gasteiger charge is 2.11. The van der Waals surface area contributed by atoms with Crippen molar-refractivity contribution in [2.24, 2.45) is 0 Å². The zero-order chi connectivity index (χ0) is 10.6. The molecular weight excluding hydrogens is 210 g/mol. The first kappa shape index (κ1) is 10.9. The zero-order valence-electron chi connectivity index (χ0n) is 7.17. The minimum absolute atomic E-state index is 0.00320. The van der Waals surface area contributed by atoms with E-state index >= 15 is 0 Å². The Balaban J connectivity index is 2.89. The Morgan fingerprint density at radius 3 is 2.86 bits per heavy atom. The number of hydrogen-bond donors (Lipinski definition) is 1. The number of nitro benzene ring substituents is 1. The Morgan fingerprint density at radius 2 is 2.29 bits per heavy atom. The van der Waals surface area contributed by atoms with E-state index in [0.29, 0.717) is 22.5 Å². The van der Waals surface area contributed by atoms with Crippen LogP contribution in [-0.2, 0) is 9.37 Å². The fourth-order valence-corrected chi connectivity index (χ4v) is 1.28. The van der Waals surface area contributed by atoms with Crippen molar-refractivity contribution in [1.82, 2.24) is 0 Å². The van der Waals surface area contributed by atoms with Crippen LogP contribution in [0.4, 0.5) is 5.69 Å². The van der Waals surface area contributed by atoms with E-state index in [1.165, 1.54) is 6.07 Å². The van der Waals surface area contributed by atoms with Crippen molar-refractivity contribution in [2.75, 3.05) is 0 Å². The molecule has 1 N–H and O–H groups in total. The summed E-state index contributed by atoms with van der Waals surface area (Å²) in [5.74, 6) is 0. The van der Waals surface area contributed by atoms with E-state index < -0.39 is 4.92 Å². The lowest BCUT2D eigenvalue weighted by molar-refractivity contribution is -0.432. The first-order valence-electron chi connectivity index (χ1n) is 3.55. The molecule has 0 aromatic heterocycles. The van der Waals surface area contributed by atoms with Gasteiger partial charge >= 0.3 is 0 Å². The second-order valence-corrected chi connectivity index (χ2v) is 3.21. The monoisotopic (exact) mass is 217 g/mol. The molecule has 0 saturated heterocycles. The molecule has 0 aliphatic rings. The lowest BCUT2D eigenvalue weighted by Crippen LogP contribution is -1.91. The number of hydrogen-bond acceptors (Lipinski definition) is 6. The van der Waals surface area contributed by atoms with Gasteiger partial charge in [0.2, 0.25) is 0 Å². The molecule has 0 aliphatic heterocycles. The molecule has 0 radical (unpaired) electrons. The molecule has 1 aromatic carbocycles. The van der Waals surface area contributed by atoms with E-state index in [1.807, 2.05) is 0 Å². The molecule has 7 heteroatoms. The summed E-state index contributed by atoms with van der Waals surface area (Å²) in [5.41, 5.74) is 0.556. The van der Waals surface area contributed by atoms with Gasteiger partial charge in [0, 0.05) is 16.5 Å². The van der Waals surface area contributed by atoms with Gasteiger partial charge in [0.05, 0.1) is 17.0 Å². The SMILES string of the molecule is Cc1ccc(SOOO)cc1[N+](=O)[O-]. The first-order chi connectivity index (χ1) is 6.65. The van der Waals surface area contributed by atoms with Crippen molar-refractivity contribution in [3.8, 4) is 0 Å². The summed E-state index contributed by atoms with van der Waals surface area (Å²) in [7, 11) is 0. The van der Waals surface area contributed by atoms with Crippen molar-refractivity contribution in [3.05, 3.63) is 33.9 Å². The van der Waals surface area contributed by atoms with Gasteiger partial charge in [-0.15, -0.1) is 4.33 Å². The largest absolute Gasteiger partial charge is 0.273 e. The maximum atomic E-state index is 10.5. The summed E-state index contributed by atoms with van der Waals surface area (Å²) in [5, 5.41) is 21.8. The van der Waals surface area contributed by atoms with E-state index in [9.17, 15) is 10.1 Å². The summed E-state index contributed by atoms with van der Waals surface area (Å²) in [6.45, 7) is 1.63. The van der Waals surface area contributed by atoms with Crippen molar-refractivity contribution in [3.63, 3.8) is 0 Å². The molecule has 0 saturated carbocycles. The molecule has 0 amide bonds. The van der Waals surface area contributed by atoms with Crippen molar-refractivity contribution >= 4 is 17.7 Å². The van der Waals surface area contributed by atoms with E-state index in [1.54, 1.807) is 19.1 Å². The van der Waals surface area contributed by atoms with Crippen molar-refractivity contribution in [1.29, 1.82) is 0 Å². The fraction of sp³-hybridized carbons (Fsp3) is 0.143. The van der Waals surface area contributed by atoms with Crippen molar-refractivity contribution < 1.29 is 19.6 Å². The summed E-state index contributed by atoms with van der Waals surface area (Å²) in [4.78, 5) is 10.5. The number of benzene rings is 1. The zero-order valence-corrected chi connectivity index (χ0v) is 7.98. The molecule has 6 nitrogen and oxygen atoms in total. The Hall–Kier alpha value is -1.15. The quantitative estimate of drug-likeness (QED) is 0.360. The van der Waals surface area contributed by atoms with Crippen LogP contribution in [0, 0.1) is 17.0 Å². The van der Waals surface area contributed by atoms with Crippen LogP contribution < -0.4 is 0 Å². The standard InChI is InChI=1S/C7H7NO5S/c1-5-2-3-6(14-13-12-11)4-7(5)8(9)10/h2-4,11H,1H3. The van der Waals surface area contributed by atoms with E-state index in [4.69, 9.17) is 5.26 Å². The second-order valence-electron chi connectivity index (χ2n) is 2.43. The molecule has 0 spiro atoms. The normalized spacial score (nSPS) is 10.1. The van der Waals surface area contributed by atoms with Crippen LogP contribution in [0.15, 0.2) is 23.1 Å². The van der Waals surface area contributed by atoms with E-state index in [0.717, 1.165) is 0 Å². The predicted octanol–water partition coefficient (Wildman–Crippen LogP) is 2.33. The minimum atomic E-state index is -0.487. The van der Waals surface area contributed by atoms with Crippen LogP contribution in [-0.4, -0.2) is 10.2 Å². The van der Waals surface area contributed by atoms with Gasteiger partial charge in [0.15, 0.2) is 0 Å². The average molecular weight is 217 g/mol. The lowest BCUT2D eigenvalue weighted by Gasteiger charge is -1.99. The van der Waals surface area contributed by atoms with Gasteiger partial charge in [-0.25, -0.2) is 5.26 Å². The third kappa shape index (κ3) is 2.67. The molecule has 0 atom stereocenters. The van der Waals surface area contributed by atoms with Gasteiger partial charge in [-0.1, -0.05) is 11.1 Å². The molecule has 0 unspecified atom stereocenters. The summed E-state index contributed by atoms with van der Waals surface area (Å²) < 4.78 is 4.14. The molecular formula is C7H7NO5S. The maximum absolute atomic E-state index is 10.5. The highest BCUT2D eigenvalue weighted by molar-refractivity contribution is 7.94. The Kier molecular flexibility index (Phi) is 3.84. The van der Waals surface area contributed by atoms with Gasteiger partial charge in [-0.2, -0.15) is 0 Å². The van der Waals surface area contributed by atoms with Gasteiger partial charge in [0.1, 0.15) is 0 Å². The number of nitrogens with zero attached hydrogens (tertiary/aromatic N) is 1. The molecule has 1 rings (SSSR count). The summed E-state index contributed by atoms with van der Waals surface area (Å²) in [6.07, 6.45) is 0. The van der Waals surface area contributed by atoms with Gasteiger partial charge in [0.25, 0.3) is 5.69 Å². The minimum Gasteiger partial charge on any atom is -0.258 e. The summed E-state index contributed by atoms with van der Waals surface area (Å²) in [6, 6.07) is 4.53. The van der Waals surface area contributed by atoms with Crippen LogP contribution >= 0.6 is 12.0 Å². The molecule has 76 valence electrons. The smallest absolute Gasteiger partial charge is 0.258 e. The van der Waals surface area contributed by atoms with Gasteiger partial charge < -0.3 is 0 Å². The number of nitro groups is 1. The third-order valence-corrected chi connectivity index (χ3v) is 2.11. The first-order valence-corrected chi connectivity index (χ1v) is 4.29. The van der Waals surface area contributed by atoms with Crippen LogP contribution in [0.25, 0.3) is 0 Å². The highest BCUT2D eigenvalue weighted by Crippen LogP contribution is 2.26. The summed E-state index contributed by atoms with van der Waals surface area (Å²) >= 11 is 0.684. The molecule has 1 aromatic rings. The average Bonchev–Trinajstić information content (AvgIpc) is 2.16. The van der Waals surface area contributed by atoms with Crippen LogP contribution in [0.5, 0.6) is 0 Å². The molecule has 0 bridgehead atoms. The fourth-order valence-electron chi connectivity index (χ4n) is 0.892. The molecule has 0 heterocycles. The molecule has 0 fully saturated rings. The van der Waals surface area contributed by atoms with Gasteiger partial charge in [-0.3, -0.25) is 10.1 Å². The Bertz CT molecular complexity index is 343. The molecule has 14 heavy (non-hydrogen) atoms. The topological polar surface area (TPSA) is 81.8 Å². The van der Waals surface area contributed by atoms with Crippen LogP contribution in [0.1, 0.15) is 5.56 Å². The Morgan fingerprint density at radius 1 is 1.57 bits per heavy atom. The van der Waals surface area contributed by atoms with Crippen LogP contribution in [0.2, 0.25) is 0 Å².